The third-order valence-electron chi connectivity index (χ3n) is 5.30. The molecule has 1 aliphatic rings. The van der Waals surface area contributed by atoms with Crippen molar-refractivity contribution in [3.05, 3.63) is 76.1 Å². The summed E-state index contributed by atoms with van der Waals surface area (Å²) in [5, 5.41) is 0. The molecule has 0 N–H and O–H groups in total. The number of amides is 1. The molecular formula is C24H24N2O3S. The minimum absolute atomic E-state index is 0.252. The van der Waals surface area contributed by atoms with Crippen molar-refractivity contribution in [2.45, 2.75) is 39.2 Å². The zero-order valence-corrected chi connectivity index (χ0v) is 17.8. The van der Waals surface area contributed by atoms with Crippen LogP contribution in [0.25, 0.3) is 10.2 Å². The average Bonchev–Trinajstić information content (AvgIpc) is 3.10. The van der Waals surface area contributed by atoms with Crippen molar-refractivity contribution in [2.24, 2.45) is 4.99 Å². The summed E-state index contributed by atoms with van der Waals surface area (Å²) in [5.74, 6) is -0.606. The van der Waals surface area contributed by atoms with Crippen molar-refractivity contribution in [1.29, 1.82) is 0 Å². The van der Waals surface area contributed by atoms with E-state index in [1.807, 2.05) is 22.8 Å². The smallest absolute Gasteiger partial charge is 0.338 e. The van der Waals surface area contributed by atoms with Crippen LogP contribution in [-0.4, -0.2) is 23.1 Å². The number of fused-ring (bicyclic) bond motifs is 2. The highest BCUT2D eigenvalue weighted by Crippen LogP contribution is 2.23. The molecule has 2 aromatic carbocycles. The molecule has 1 amide bonds. The van der Waals surface area contributed by atoms with E-state index in [0.29, 0.717) is 29.1 Å². The van der Waals surface area contributed by atoms with Crippen molar-refractivity contribution < 1.29 is 14.3 Å². The highest BCUT2D eigenvalue weighted by atomic mass is 32.1. The van der Waals surface area contributed by atoms with Crippen LogP contribution in [0.5, 0.6) is 0 Å². The Kier molecular flexibility index (Phi) is 5.95. The molecule has 3 aromatic rings. The average molecular weight is 421 g/mol. The van der Waals surface area contributed by atoms with E-state index >= 15 is 0 Å². The fourth-order valence-electron chi connectivity index (χ4n) is 3.82. The number of carbonyl (C=O) groups excluding carboxylic acids is 2. The first kappa shape index (κ1) is 20.3. The molecule has 0 fully saturated rings. The summed E-state index contributed by atoms with van der Waals surface area (Å²) in [4.78, 5) is 30.0. The number of allylic oxidation sites excluding steroid dienone is 1. The Morgan fingerprint density at radius 1 is 1.13 bits per heavy atom. The SMILES string of the molecule is C=CCn1c(=NC(=O)c2ccc3c(c2)CCCC3)sc2cc(C(=O)OCC)ccc21. The summed E-state index contributed by atoms with van der Waals surface area (Å²) >= 11 is 1.39. The van der Waals surface area contributed by atoms with Crippen LogP contribution < -0.4 is 4.80 Å². The largest absolute Gasteiger partial charge is 0.462 e. The zero-order valence-electron chi connectivity index (χ0n) is 17.0. The van der Waals surface area contributed by atoms with Crippen molar-refractivity contribution in [1.82, 2.24) is 4.57 Å². The van der Waals surface area contributed by atoms with Gasteiger partial charge in [-0.2, -0.15) is 4.99 Å². The second-order valence-corrected chi connectivity index (χ2v) is 8.30. The van der Waals surface area contributed by atoms with Crippen molar-refractivity contribution in [3.8, 4) is 0 Å². The summed E-state index contributed by atoms with van der Waals surface area (Å²) in [5.41, 5.74) is 4.61. The maximum atomic E-state index is 12.9. The highest BCUT2D eigenvalue weighted by molar-refractivity contribution is 7.16. The monoisotopic (exact) mass is 420 g/mol. The number of nitrogens with zero attached hydrogens (tertiary/aromatic N) is 2. The molecule has 0 unspecified atom stereocenters. The summed E-state index contributed by atoms with van der Waals surface area (Å²) in [6.07, 6.45) is 6.25. The number of thiazole rings is 1. The van der Waals surface area contributed by atoms with Crippen LogP contribution >= 0.6 is 11.3 Å². The standard InChI is InChI=1S/C24H24N2O3S/c1-3-13-26-20-12-11-19(23(28)29-4-2)15-21(20)30-24(26)25-22(27)18-10-9-16-7-5-6-8-17(16)14-18/h3,9-12,14-15H,1,4-8,13H2,2H3. The fraction of sp³-hybridized carbons (Fsp3) is 0.292. The van der Waals surface area contributed by atoms with E-state index in [-0.39, 0.29) is 11.9 Å². The summed E-state index contributed by atoms with van der Waals surface area (Å²) in [7, 11) is 0. The second-order valence-electron chi connectivity index (χ2n) is 7.29. The van der Waals surface area contributed by atoms with Gasteiger partial charge in [0.05, 0.1) is 22.4 Å². The number of esters is 1. The normalized spacial score (nSPS) is 13.8. The van der Waals surface area contributed by atoms with Gasteiger partial charge in [-0.1, -0.05) is 23.5 Å². The van der Waals surface area contributed by atoms with Gasteiger partial charge in [0, 0.05) is 12.1 Å². The Hall–Kier alpha value is -2.99. The number of rotatable bonds is 5. The van der Waals surface area contributed by atoms with E-state index < -0.39 is 0 Å². The van der Waals surface area contributed by atoms with Crippen LogP contribution in [-0.2, 0) is 24.1 Å². The van der Waals surface area contributed by atoms with Crippen LogP contribution in [0.15, 0.2) is 54.0 Å². The number of hydrogen-bond donors (Lipinski definition) is 0. The number of benzene rings is 2. The van der Waals surface area contributed by atoms with E-state index in [1.165, 1.54) is 35.3 Å². The van der Waals surface area contributed by atoms with Gasteiger partial charge in [0.1, 0.15) is 0 Å². The molecule has 0 spiro atoms. The molecule has 0 aliphatic heterocycles. The predicted molar refractivity (Wildman–Crippen MR) is 119 cm³/mol. The van der Waals surface area contributed by atoms with Crippen LogP contribution in [0.3, 0.4) is 0 Å². The Labute approximate surface area is 179 Å². The Morgan fingerprint density at radius 2 is 1.90 bits per heavy atom. The van der Waals surface area contributed by atoms with Gasteiger partial charge in [-0.15, -0.1) is 6.58 Å². The van der Waals surface area contributed by atoms with Gasteiger partial charge in [0.2, 0.25) is 0 Å². The van der Waals surface area contributed by atoms with Gasteiger partial charge in [-0.05, 0) is 74.1 Å². The van der Waals surface area contributed by atoms with Gasteiger partial charge in [-0.3, -0.25) is 4.79 Å². The van der Waals surface area contributed by atoms with Crippen molar-refractivity contribution in [3.63, 3.8) is 0 Å². The van der Waals surface area contributed by atoms with E-state index in [0.717, 1.165) is 23.1 Å². The maximum Gasteiger partial charge on any atom is 0.338 e. The van der Waals surface area contributed by atoms with Crippen LogP contribution in [0.4, 0.5) is 0 Å². The quantitative estimate of drug-likeness (QED) is 0.445. The molecule has 6 heteroatoms. The third kappa shape index (κ3) is 4.00. The Morgan fingerprint density at radius 3 is 2.67 bits per heavy atom. The fourth-order valence-corrected chi connectivity index (χ4v) is 4.90. The summed E-state index contributed by atoms with van der Waals surface area (Å²) in [6, 6.07) is 11.3. The van der Waals surface area contributed by atoms with E-state index in [9.17, 15) is 9.59 Å². The summed E-state index contributed by atoms with van der Waals surface area (Å²) < 4.78 is 7.91. The Balaban J connectivity index is 1.75. The highest BCUT2D eigenvalue weighted by Gasteiger charge is 2.15. The predicted octanol–water partition coefficient (Wildman–Crippen LogP) is 4.69. The van der Waals surface area contributed by atoms with Gasteiger partial charge < -0.3 is 9.30 Å². The lowest BCUT2D eigenvalue weighted by Gasteiger charge is -2.15. The minimum Gasteiger partial charge on any atom is -0.462 e. The van der Waals surface area contributed by atoms with Gasteiger partial charge in [0.15, 0.2) is 4.80 Å². The second kappa shape index (κ2) is 8.79. The number of carbonyl (C=O) groups is 2. The number of ether oxygens (including phenoxy) is 1. The lowest BCUT2D eigenvalue weighted by atomic mass is 9.90. The molecule has 0 radical (unpaired) electrons. The van der Waals surface area contributed by atoms with Crippen LogP contribution in [0, 0.1) is 0 Å². The first-order valence-electron chi connectivity index (χ1n) is 10.2. The molecule has 0 bridgehead atoms. The number of hydrogen-bond acceptors (Lipinski definition) is 4. The molecule has 1 aromatic heterocycles. The van der Waals surface area contributed by atoms with Crippen LogP contribution in [0.2, 0.25) is 0 Å². The molecule has 30 heavy (non-hydrogen) atoms. The number of aryl methyl sites for hydroxylation is 2. The minimum atomic E-state index is -0.355. The molecule has 0 saturated carbocycles. The zero-order chi connectivity index (χ0) is 21.1. The molecule has 0 atom stereocenters. The first-order valence-corrected chi connectivity index (χ1v) is 11.0. The molecule has 0 saturated heterocycles. The van der Waals surface area contributed by atoms with E-state index in [2.05, 4.69) is 17.6 Å². The van der Waals surface area contributed by atoms with Crippen molar-refractivity contribution >= 4 is 33.4 Å². The molecule has 4 rings (SSSR count). The molecule has 1 aliphatic carbocycles. The van der Waals surface area contributed by atoms with Crippen LogP contribution in [0.1, 0.15) is 51.6 Å². The number of aromatic nitrogens is 1. The molecule has 5 nitrogen and oxygen atoms in total. The topological polar surface area (TPSA) is 60.7 Å². The molecule has 1 heterocycles. The van der Waals surface area contributed by atoms with Crippen molar-refractivity contribution in [2.75, 3.05) is 6.61 Å². The van der Waals surface area contributed by atoms with E-state index in [1.54, 1.807) is 25.1 Å². The van der Waals surface area contributed by atoms with Gasteiger partial charge >= 0.3 is 5.97 Å². The first-order chi connectivity index (χ1) is 14.6. The summed E-state index contributed by atoms with van der Waals surface area (Å²) in [6.45, 7) is 6.45. The lowest BCUT2D eigenvalue weighted by Crippen LogP contribution is -2.16. The lowest BCUT2D eigenvalue weighted by molar-refractivity contribution is 0.0526. The van der Waals surface area contributed by atoms with Gasteiger partial charge in [-0.25, -0.2) is 4.79 Å². The maximum absolute atomic E-state index is 12.9. The van der Waals surface area contributed by atoms with E-state index in [4.69, 9.17) is 4.74 Å². The van der Waals surface area contributed by atoms with Gasteiger partial charge in [0.25, 0.3) is 5.91 Å². The Bertz CT molecular complexity index is 1200. The third-order valence-corrected chi connectivity index (χ3v) is 6.34. The molecule has 154 valence electrons. The molecular weight excluding hydrogens is 396 g/mol.